The summed E-state index contributed by atoms with van der Waals surface area (Å²) in [5, 5.41) is 2.24. The van der Waals surface area contributed by atoms with E-state index >= 15 is 0 Å². The molecule has 3 heterocycles. The number of oxazole rings is 1. The van der Waals surface area contributed by atoms with Gasteiger partial charge in [-0.15, -0.1) is 0 Å². The van der Waals surface area contributed by atoms with Crippen molar-refractivity contribution in [3.05, 3.63) is 35.2 Å². The van der Waals surface area contributed by atoms with Crippen LogP contribution in [-0.2, 0) is 11.2 Å². The number of nitrogens with one attached hydrogen (secondary N) is 1. The average Bonchev–Trinajstić information content (AvgIpc) is 3.22. The topological polar surface area (TPSA) is 76.8 Å². The SMILES string of the molecule is O=C(Nc1cc(F)c(OC2CC3C[C@H]3C2)c(F)c1)c1nc(N2CC3CCOC3C2)oc1CC(F)(F)F. The summed E-state index contributed by atoms with van der Waals surface area (Å²) in [6.45, 7) is 1.50. The Kier molecular flexibility index (Phi) is 5.62. The zero-order valence-electron chi connectivity index (χ0n) is 19.1. The highest BCUT2D eigenvalue weighted by atomic mass is 19.4. The number of anilines is 2. The molecule has 1 aromatic heterocycles. The maximum Gasteiger partial charge on any atom is 0.396 e. The molecule has 5 atom stereocenters. The molecule has 0 bridgehead atoms. The van der Waals surface area contributed by atoms with Gasteiger partial charge in [-0.3, -0.25) is 4.79 Å². The lowest BCUT2D eigenvalue weighted by atomic mass is 10.1. The van der Waals surface area contributed by atoms with E-state index in [9.17, 15) is 26.7 Å². The maximum absolute atomic E-state index is 14.6. The van der Waals surface area contributed by atoms with Crippen LogP contribution in [0.2, 0.25) is 0 Å². The molecule has 1 amide bonds. The minimum atomic E-state index is -4.66. The van der Waals surface area contributed by atoms with E-state index in [2.05, 4.69) is 10.3 Å². The maximum atomic E-state index is 14.6. The third-order valence-electron chi connectivity index (χ3n) is 7.48. The predicted molar refractivity (Wildman–Crippen MR) is 116 cm³/mol. The van der Waals surface area contributed by atoms with Crippen LogP contribution in [0.3, 0.4) is 0 Å². The first-order valence-electron chi connectivity index (χ1n) is 12.0. The monoisotopic (exact) mass is 513 g/mol. The van der Waals surface area contributed by atoms with Crippen molar-refractivity contribution in [2.24, 2.45) is 17.8 Å². The Morgan fingerprint density at radius 3 is 2.50 bits per heavy atom. The molecule has 4 fully saturated rings. The standard InChI is InChI=1S/C24H24F5N3O4/c25-16-6-14(7-17(26)21(16)35-15-4-12-3-13(12)5-15)30-22(33)20-18(8-24(27,28)29)36-23(31-20)32-9-11-1-2-34-19(11)10-32/h6-7,11-13,15,19H,1-5,8-10H2,(H,30,33)/t11?,12-,13?,15?,19?/m0/s1. The van der Waals surface area contributed by atoms with E-state index in [4.69, 9.17) is 13.9 Å². The van der Waals surface area contributed by atoms with Crippen LogP contribution in [0.4, 0.5) is 33.7 Å². The molecular formula is C24H24F5N3O4. The van der Waals surface area contributed by atoms with Gasteiger partial charge in [0, 0.05) is 43.4 Å². The van der Waals surface area contributed by atoms with E-state index in [1.54, 1.807) is 4.90 Å². The number of aromatic nitrogens is 1. The second-order valence-corrected chi connectivity index (χ2v) is 10.1. The van der Waals surface area contributed by atoms with E-state index in [1.165, 1.54) is 0 Å². The molecule has 4 aliphatic rings. The van der Waals surface area contributed by atoms with Crippen molar-refractivity contribution in [1.82, 2.24) is 4.98 Å². The first-order valence-corrected chi connectivity index (χ1v) is 12.0. The quantitative estimate of drug-likeness (QED) is 0.564. The lowest BCUT2D eigenvalue weighted by Gasteiger charge is -2.17. The third kappa shape index (κ3) is 4.62. The molecule has 0 spiro atoms. The molecule has 1 aromatic carbocycles. The van der Waals surface area contributed by atoms with E-state index in [1.807, 2.05) is 0 Å². The molecular weight excluding hydrogens is 489 g/mol. The van der Waals surface area contributed by atoms with Gasteiger partial charge >= 0.3 is 6.18 Å². The molecule has 6 rings (SSSR count). The molecule has 7 nitrogen and oxygen atoms in total. The molecule has 2 saturated carbocycles. The molecule has 2 aliphatic heterocycles. The fourth-order valence-electron chi connectivity index (χ4n) is 5.65. The first-order chi connectivity index (χ1) is 17.1. The van der Waals surface area contributed by atoms with Gasteiger partial charge in [-0.1, -0.05) is 0 Å². The lowest BCUT2D eigenvalue weighted by Crippen LogP contribution is -2.23. The van der Waals surface area contributed by atoms with Crippen molar-refractivity contribution < 1.29 is 40.6 Å². The summed E-state index contributed by atoms with van der Waals surface area (Å²) in [6.07, 6.45) is -3.04. The Labute approximate surface area is 202 Å². The van der Waals surface area contributed by atoms with Crippen LogP contribution in [0.1, 0.15) is 41.9 Å². The van der Waals surface area contributed by atoms with Crippen molar-refractivity contribution in [2.75, 3.05) is 29.9 Å². The fourth-order valence-corrected chi connectivity index (χ4v) is 5.65. The van der Waals surface area contributed by atoms with Gasteiger partial charge in [0.2, 0.25) is 0 Å². The van der Waals surface area contributed by atoms with Crippen LogP contribution < -0.4 is 15.0 Å². The summed E-state index contributed by atoms with van der Waals surface area (Å²) in [6, 6.07) is 1.62. The number of ether oxygens (including phenoxy) is 2. The smallest absolute Gasteiger partial charge is 0.396 e. The number of halogens is 5. The number of amides is 1. The Bertz CT molecular complexity index is 1140. The summed E-state index contributed by atoms with van der Waals surface area (Å²) in [5.41, 5.74) is -0.866. The minimum Gasteiger partial charge on any atom is -0.484 e. The Balaban J connectivity index is 1.20. The number of rotatable bonds is 6. The van der Waals surface area contributed by atoms with Crippen molar-refractivity contribution in [2.45, 2.75) is 50.5 Å². The van der Waals surface area contributed by atoms with Gasteiger partial charge in [-0.2, -0.15) is 18.2 Å². The molecule has 0 radical (unpaired) electrons. The van der Waals surface area contributed by atoms with Gasteiger partial charge in [0.15, 0.2) is 23.1 Å². The van der Waals surface area contributed by atoms with E-state index < -0.39 is 47.3 Å². The molecule has 2 aliphatic carbocycles. The largest absolute Gasteiger partial charge is 0.484 e. The highest BCUT2D eigenvalue weighted by molar-refractivity contribution is 6.03. The second-order valence-electron chi connectivity index (χ2n) is 10.1. The number of benzene rings is 1. The molecule has 2 aromatic rings. The number of carbonyl (C=O) groups excluding carboxylic acids is 1. The van der Waals surface area contributed by atoms with Gasteiger partial charge in [0.25, 0.3) is 11.9 Å². The van der Waals surface area contributed by atoms with Gasteiger partial charge < -0.3 is 24.1 Å². The Morgan fingerprint density at radius 2 is 1.83 bits per heavy atom. The molecule has 194 valence electrons. The lowest BCUT2D eigenvalue weighted by molar-refractivity contribution is -0.130. The average molecular weight is 513 g/mol. The minimum absolute atomic E-state index is 0.0676. The molecule has 1 N–H and O–H groups in total. The predicted octanol–water partition coefficient (Wildman–Crippen LogP) is 4.71. The summed E-state index contributed by atoms with van der Waals surface area (Å²) in [7, 11) is 0. The van der Waals surface area contributed by atoms with E-state index in [0.717, 1.165) is 37.8 Å². The zero-order valence-corrected chi connectivity index (χ0v) is 19.1. The molecule has 36 heavy (non-hydrogen) atoms. The Morgan fingerprint density at radius 1 is 1.11 bits per heavy atom. The zero-order chi connectivity index (χ0) is 25.2. The molecule has 12 heteroatoms. The normalized spacial score (nSPS) is 28.8. The van der Waals surface area contributed by atoms with Crippen molar-refractivity contribution in [3.63, 3.8) is 0 Å². The number of nitrogens with zero attached hydrogens (tertiary/aromatic N) is 2. The van der Waals surface area contributed by atoms with Gasteiger partial charge in [-0.25, -0.2) is 8.78 Å². The highest BCUT2D eigenvalue weighted by Crippen LogP contribution is 2.52. The number of carbonyl (C=O) groups is 1. The highest BCUT2D eigenvalue weighted by Gasteiger charge is 2.47. The van der Waals surface area contributed by atoms with Crippen LogP contribution in [0, 0.1) is 29.4 Å². The Hall–Kier alpha value is -2.89. The van der Waals surface area contributed by atoms with Gasteiger partial charge in [0.1, 0.15) is 12.2 Å². The van der Waals surface area contributed by atoms with Crippen molar-refractivity contribution in [1.29, 1.82) is 0 Å². The number of hydrogen-bond acceptors (Lipinski definition) is 6. The van der Waals surface area contributed by atoms with Crippen LogP contribution in [0.5, 0.6) is 5.75 Å². The number of hydrogen-bond donors (Lipinski definition) is 1. The molecule has 2 saturated heterocycles. The summed E-state index contributed by atoms with van der Waals surface area (Å²) in [5.74, 6) is -2.95. The summed E-state index contributed by atoms with van der Waals surface area (Å²) >= 11 is 0. The summed E-state index contributed by atoms with van der Waals surface area (Å²) in [4.78, 5) is 18.5. The van der Waals surface area contributed by atoms with Crippen molar-refractivity contribution in [3.8, 4) is 5.75 Å². The summed E-state index contributed by atoms with van der Waals surface area (Å²) < 4.78 is 85.2. The van der Waals surface area contributed by atoms with Gasteiger partial charge in [-0.05, 0) is 37.5 Å². The van der Waals surface area contributed by atoms with Crippen LogP contribution in [-0.4, -0.2) is 49.0 Å². The van der Waals surface area contributed by atoms with Crippen LogP contribution in [0.15, 0.2) is 16.5 Å². The third-order valence-corrected chi connectivity index (χ3v) is 7.48. The first kappa shape index (κ1) is 23.5. The van der Waals surface area contributed by atoms with Crippen LogP contribution >= 0.6 is 0 Å². The van der Waals surface area contributed by atoms with E-state index in [-0.39, 0.29) is 29.8 Å². The van der Waals surface area contributed by atoms with Crippen LogP contribution in [0.25, 0.3) is 0 Å². The van der Waals surface area contributed by atoms with E-state index in [0.29, 0.717) is 31.5 Å². The number of alkyl halides is 3. The van der Waals surface area contributed by atoms with Crippen molar-refractivity contribution >= 4 is 17.6 Å². The second kappa shape index (κ2) is 8.60. The number of fused-ring (bicyclic) bond motifs is 2. The van der Waals surface area contributed by atoms with Gasteiger partial charge in [0.05, 0.1) is 12.2 Å². The fraction of sp³-hybridized carbons (Fsp3) is 0.583. The molecule has 4 unspecified atom stereocenters.